The van der Waals surface area contributed by atoms with Crippen LogP contribution in [0.4, 0.5) is 0 Å². The first-order valence-electron chi connectivity index (χ1n) is 6.77. The van der Waals surface area contributed by atoms with Crippen LogP contribution in [-0.4, -0.2) is 34.5 Å². The number of amides is 1. The number of halogens is 1. The first kappa shape index (κ1) is 15.5. The van der Waals surface area contributed by atoms with E-state index in [1.807, 2.05) is 17.9 Å². The molecule has 1 aromatic rings. The number of hydrogen-bond donors (Lipinski definition) is 1. The summed E-state index contributed by atoms with van der Waals surface area (Å²) in [6.45, 7) is 2.70. The van der Waals surface area contributed by atoms with Crippen LogP contribution in [0.2, 0.25) is 0 Å². The highest BCUT2D eigenvalue weighted by Crippen LogP contribution is 2.31. The number of nitrogens with zero attached hydrogens (tertiary/aromatic N) is 1. The molecule has 1 unspecified atom stereocenters. The Hall–Kier alpha value is -0.880. The van der Waals surface area contributed by atoms with Gasteiger partial charge in [-0.1, -0.05) is 0 Å². The lowest BCUT2D eigenvalue weighted by atomic mass is 9.97. The topological polar surface area (TPSA) is 57.6 Å². The molecule has 4 nitrogen and oxygen atoms in total. The van der Waals surface area contributed by atoms with Gasteiger partial charge in [-0.15, -0.1) is 11.3 Å². The van der Waals surface area contributed by atoms with Crippen LogP contribution in [0.5, 0.6) is 0 Å². The van der Waals surface area contributed by atoms with E-state index >= 15 is 0 Å². The first-order chi connectivity index (χ1) is 9.49. The molecule has 110 valence electrons. The van der Waals surface area contributed by atoms with Gasteiger partial charge in [-0.3, -0.25) is 9.59 Å². The third kappa shape index (κ3) is 3.61. The van der Waals surface area contributed by atoms with E-state index in [0.29, 0.717) is 12.0 Å². The van der Waals surface area contributed by atoms with Crippen molar-refractivity contribution in [3.05, 3.63) is 20.3 Å². The smallest absolute Gasteiger partial charge is 0.303 e. The fourth-order valence-corrected chi connectivity index (χ4v) is 4.41. The van der Waals surface area contributed by atoms with Crippen molar-refractivity contribution >= 4 is 39.1 Å². The molecule has 2 heterocycles. The van der Waals surface area contributed by atoms with E-state index in [9.17, 15) is 9.59 Å². The number of piperidine rings is 1. The second kappa shape index (κ2) is 6.72. The van der Waals surface area contributed by atoms with E-state index in [0.717, 1.165) is 34.5 Å². The van der Waals surface area contributed by atoms with E-state index in [-0.39, 0.29) is 18.4 Å². The van der Waals surface area contributed by atoms with Crippen LogP contribution in [0, 0.1) is 6.92 Å². The largest absolute Gasteiger partial charge is 0.481 e. The maximum absolute atomic E-state index is 12.6. The fourth-order valence-electron chi connectivity index (χ4n) is 2.64. The van der Waals surface area contributed by atoms with Crippen molar-refractivity contribution in [3.63, 3.8) is 0 Å². The summed E-state index contributed by atoms with van der Waals surface area (Å²) in [6.07, 6.45) is 3.63. The molecule has 0 bridgehead atoms. The number of carbonyl (C=O) groups excluding carboxylic acids is 1. The minimum absolute atomic E-state index is 0.0244. The van der Waals surface area contributed by atoms with E-state index < -0.39 is 5.97 Å². The molecule has 0 aliphatic carbocycles. The average Bonchev–Trinajstić information content (AvgIpc) is 2.75. The van der Waals surface area contributed by atoms with Crippen molar-refractivity contribution in [2.24, 2.45) is 0 Å². The Balaban J connectivity index is 2.12. The van der Waals surface area contributed by atoms with Gasteiger partial charge < -0.3 is 10.0 Å². The molecule has 0 radical (unpaired) electrons. The Bertz CT molecular complexity index is 515. The van der Waals surface area contributed by atoms with Crippen LogP contribution in [0.3, 0.4) is 0 Å². The van der Waals surface area contributed by atoms with Crippen molar-refractivity contribution in [1.29, 1.82) is 0 Å². The van der Waals surface area contributed by atoms with Gasteiger partial charge in [0, 0.05) is 23.9 Å². The summed E-state index contributed by atoms with van der Waals surface area (Å²) in [6, 6.07) is 1.96. The number of carbonyl (C=O) groups is 2. The molecule has 1 amide bonds. The van der Waals surface area contributed by atoms with E-state index in [4.69, 9.17) is 5.11 Å². The second-order valence-electron chi connectivity index (χ2n) is 5.12. The minimum atomic E-state index is -0.796. The Morgan fingerprint density at radius 1 is 1.50 bits per heavy atom. The van der Waals surface area contributed by atoms with Crippen molar-refractivity contribution in [3.8, 4) is 0 Å². The number of aryl methyl sites for hydroxylation is 1. The predicted octanol–water partition coefficient (Wildman–Crippen LogP) is 3.68. The highest BCUT2D eigenvalue weighted by molar-refractivity contribution is 9.11. The van der Waals surface area contributed by atoms with E-state index in [2.05, 4.69) is 15.9 Å². The lowest BCUT2D eigenvalue weighted by molar-refractivity contribution is -0.137. The Labute approximate surface area is 130 Å². The number of carboxylic acids is 1. The molecule has 6 heteroatoms. The van der Waals surface area contributed by atoms with Gasteiger partial charge in [-0.25, -0.2) is 0 Å². The van der Waals surface area contributed by atoms with Crippen molar-refractivity contribution in [1.82, 2.24) is 4.90 Å². The van der Waals surface area contributed by atoms with E-state index in [1.54, 1.807) is 11.3 Å². The normalized spacial score (nSPS) is 19.1. The zero-order chi connectivity index (χ0) is 14.7. The highest BCUT2D eigenvalue weighted by atomic mass is 79.9. The lowest BCUT2D eigenvalue weighted by Gasteiger charge is -2.35. The zero-order valence-electron chi connectivity index (χ0n) is 11.4. The Morgan fingerprint density at radius 3 is 2.85 bits per heavy atom. The Morgan fingerprint density at radius 2 is 2.25 bits per heavy atom. The zero-order valence-corrected chi connectivity index (χ0v) is 13.8. The number of rotatable bonds is 4. The van der Waals surface area contributed by atoms with Gasteiger partial charge in [-0.05, 0) is 54.6 Å². The first-order valence-corrected chi connectivity index (χ1v) is 8.38. The molecule has 0 spiro atoms. The number of carboxylic acid groups (broad SMARTS) is 1. The number of aliphatic carboxylic acids is 1. The van der Waals surface area contributed by atoms with Gasteiger partial charge in [-0.2, -0.15) is 0 Å². The third-order valence-corrected chi connectivity index (χ3v) is 5.37. The summed E-state index contributed by atoms with van der Waals surface area (Å²) >= 11 is 5.00. The molecule has 1 N–H and O–H groups in total. The molecule has 0 saturated carbocycles. The Kier molecular flexibility index (Phi) is 5.21. The number of thiophene rings is 1. The molecule has 1 aliphatic heterocycles. The number of hydrogen-bond acceptors (Lipinski definition) is 3. The predicted molar refractivity (Wildman–Crippen MR) is 82.3 cm³/mol. The van der Waals surface area contributed by atoms with Crippen LogP contribution in [0.25, 0.3) is 0 Å². The molecule has 2 rings (SSSR count). The molecule has 1 aromatic heterocycles. The minimum Gasteiger partial charge on any atom is -0.481 e. The monoisotopic (exact) mass is 359 g/mol. The molecule has 20 heavy (non-hydrogen) atoms. The van der Waals surface area contributed by atoms with Crippen molar-refractivity contribution in [2.75, 3.05) is 6.54 Å². The maximum Gasteiger partial charge on any atom is 0.303 e. The van der Waals surface area contributed by atoms with Gasteiger partial charge in [0.2, 0.25) is 0 Å². The summed E-state index contributed by atoms with van der Waals surface area (Å²) in [4.78, 5) is 26.3. The second-order valence-corrected chi connectivity index (χ2v) is 7.70. The van der Waals surface area contributed by atoms with Crippen LogP contribution in [0.15, 0.2) is 9.85 Å². The summed E-state index contributed by atoms with van der Waals surface area (Å²) in [5, 5.41) is 8.82. The molecule has 1 saturated heterocycles. The molecular formula is C14H18BrNO3S. The molecular weight excluding hydrogens is 342 g/mol. The standard InChI is InChI=1S/C14H18BrNO3S/c1-9-8-11(13(15)20-9)14(19)16-7-3-2-4-10(16)5-6-12(17)18/h8,10H,2-7H2,1H3,(H,17,18). The van der Waals surface area contributed by atoms with Gasteiger partial charge in [0.05, 0.1) is 9.35 Å². The van der Waals surface area contributed by atoms with Gasteiger partial charge in [0.1, 0.15) is 0 Å². The molecule has 0 aromatic carbocycles. The highest BCUT2D eigenvalue weighted by Gasteiger charge is 2.29. The van der Waals surface area contributed by atoms with Crippen molar-refractivity contribution in [2.45, 2.75) is 45.1 Å². The van der Waals surface area contributed by atoms with Crippen LogP contribution < -0.4 is 0 Å². The van der Waals surface area contributed by atoms with Crippen LogP contribution in [0.1, 0.15) is 47.3 Å². The molecule has 1 atom stereocenters. The van der Waals surface area contributed by atoms with Gasteiger partial charge >= 0.3 is 5.97 Å². The number of likely N-dealkylation sites (tertiary alicyclic amines) is 1. The fraction of sp³-hybridized carbons (Fsp3) is 0.571. The summed E-state index contributed by atoms with van der Waals surface area (Å²) in [7, 11) is 0. The lowest BCUT2D eigenvalue weighted by Crippen LogP contribution is -2.43. The summed E-state index contributed by atoms with van der Waals surface area (Å²) in [5.74, 6) is -0.771. The maximum atomic E-state index is 12.6. The van der Waals surface area contributed by atoms with Gasteiger partial charge in [0.25, 0.3) is 5.91 Å². The summed E-state index contributed by atoms with van der Waals surface area (Å²) in [5.41, 5.74) is 0.703. The third-order valence-electron chi connectivity index (χ3n) is 3.62. The van der Waals surface area contributed by atoms with Gasteiger partial charge in [0.15, 0.2) is 0 Å². The van der Waals surface area contributed by atoms with Crippen LogP contribution in [-0.2, 0) is 4.79 Å². The van der Waals surface area contributed by atoms with E-state index in [1.165, 1.54) is 0 Å². The molecule has 1 fully saturated rings. The summed E-state index contributed by atoms with van der Waals surface area (Å²) < 4.78 is 0.863. The average molecular weight is 360 g/mol. The van der Waals surface area contributed by atoms with Crippen LogP contribution >= 0.6 is 27.3 Å². The quantitative estimate of drug-likeness (QED) is 0.891. The molecule has 1 aliphatic rings. The van der Waals surface area contributed by atoms with Crippen molar-refractivity contribution < 1.29 is 14.7 Å². The SMILES string of the molecule is Cc1cc(C(=O)N2CCCCC2CCC(=O)O)c(Br)s1.